The minimum absolute atomic E-state index is 0.147. The molecule has 2 aromatic rings. The molecule has 1 aromatic heterocycles. The number of hydrogen-bond donors (Lipinski definition) is 1. The molecule has 0 radical (unpaired) electrons. The van der Waals surface area contributed by atoms with Crippen molar-refractivity contribution in [1.82, 2.24) is 9.97 Å². The number of nitrogens with one attached hydrogen (secondary N) is 1. The number of aromatic nitrogens is 2. The highest BCUT2D eigenvalue weighted by molar-refractivity contribution is 5.44. The highest BCUT2D eigenvalue weighted by Gasteiger charge is 2.07. The number of benzene rings is 1. The quantitative estimate of drug-likeness (QED) is 0.641. The second-order valence-electron chi connectivity index (χ2n) is 4.06. The third-order valence-corrected chi connectivity index (χ3v) is 2.75. The van der Waals surface area contributed by atoms with Crippen molar-refractivity contribution in [1.29, 1.82) is 0 Å². The molecule has 8 heteroatoms. The number of nitrogens with zero attached hydrogens (tertiary/aromatic N) is 3. The lowest BCUT2D eigenvalue weighted by molar-refractivity contribution is -0.385. The molecule has 0 saturated heterocycles. The summed E-state index contributed by atoms with van der Waals surface area (Å²) in [6.07, 6.45) is 2.31. The van der Waals surface area contributed by atoms with Crippen molar-refractivity contribution in [3.05, 3.63) is 46.3 Å². The summed E-state index contributed by atoms with van der Waals surface area (Å²) in [6.45, 7) is 0.457. The van der Waals surface area contributed by atoms with E-state index in [0.717, 1.165) is 18.0 Å². The molecule has 1 aromatic carbocycles. The van der Waals surface area contributed by atoms with Crippen molar-refractivity contribution >= 4 is 11.6 Å². The average molecular weight is 290 g/mol. The fourth-order valence-corrected chi connectivity index (χ4v) is 1.68. The maximum atomic E-state index is 10.5. The highest BCUT2D eigenvalue weighted by Crippen LogP contribution is 2.27. The van der Waals surface area contributed by atoms with E-state index in [9.17, 15) is 10.1 Å². The zero-order chi connectivity index (χ0) is 15.2. The number of hydrogen-bond acceptors (Lipinski definition) is 7. The highest BCUT2D eigenvalue weighted by atomic mass is 16.6. The summed E-state index contributed by atoms with van der Waals surface area (Å²) in [5, 5.41) is 13.5. The van der Waals surface area contributed by atoms with Gasteiger partial charge < -0.3 is 14.8 Å². The third-order valence-electron chi connectivity index (χ3n) is 2.75. The van der Waals surface area contributed by atoms with Gasteiger partial charge in [-0.25, -0.2) is 9.97 Å². The first-order valence-corrected chi connectivity index (χ1v) is 6.05. The van der Waals surface area contributed by atoms with Gasteiger partial charge in [-0.15, -0.1) is 0 Å². The predicted molar refractivity (Wildman–Crippen MR) is 75.6 cm³/mol. The number of methoxy groups -OCH3 is 2. The number of anilines is 1. The van der Waals surface area contributed by atoms with Crippen molar-refractivity contribution in [2.24, 2.45) is 0 Å². The number of ether oxygens (including phenoxy) is 2. The van der Waals surface area contributed by atoms with Crippen LogP contribution in [0.3, 0.4) is 0 Å². The molecule has 1 heterocycles. The van der Waals surface area contributed by atoms with Crippen LogP contribution < -0.4 is 14.8 Å². The van der Waals surface area contributed by atoms with E-state index < -0.39 is 4.92 Å². The van der Waals surface area contributed by atoms with Crippen LogP contribution in [0.5, 0.6) is 11.5 Å². The van der Waals surface area contributed by atoms with Crippen LogP contribution in [0.15, 0.2) is 30.6 Å². The van der Waals surface area contributed by atoms with E-state index in [1.165, 1.54) is 0 Å². The molecule has 2 rings (SSSR count). The molecule has 0 unspecified atom stereocenters. The molecule has 21 heavy (non-hydrogen) atoms. The summed E-state index contributed by atoms with van der Waals surface area (Å²) < 4.78 is 10.4. The normalized spacial score (nSPS) is 10.0. The van der Waals surface area contributed by atoms with Crippen LogP contribution in [0.1, 0.15) is 5.56 Å². The molecule has 110 valence electrons. The van der Waals surface area contributed by atoms with Gasteiger partial charge in [0.2, 0.25) is 5.95 Å². The zero-order valence-electron chi connectivity index (χ0n) is 11.6. The van der Waals surface area contributed by atoms with Crippen LogP contribution in [-0.4, -0.2) is 29.1 Å². The summed E-state index contributed by atoms with van der Waals surface area (Å²) in [6, 6.07) is 5.50. The Morgan fingerprint density at radius 1 is 1.19 bits per heavy atom. The fourth-order valence-electron chi connectivity index (χ4n) is 1.68. The second-order valence-corrected chi connectivity index (χ2v) is 4.06. The Morgan fingerprint density at radius 3 is 2.43 bits per heavy atom. The summed E-state index contributed by atoms with van der Waals surface area (Å²) in [5.41, 5.74) is 0.793. The Balaban J connectivity index is 2.04. The van der Waals surface area contributed by atoms with Crippen molar-refractivity contribution in [2.45, 2.75) is 6.54 Å². The standard InChI is InChI=1S/C13H14N4O4/c1-20-11-4-3-9(5-12(11)21-2)6-14-13-15-7-10(8-16-13)17(18)19/h3-5,7-8H,6H2,1-2H3,(H,14,15,16). The van der Waals surface area contributed by atoms with E-state index in [1.807, 2.05) is 12.1 Å². The first-order chi connectivity index (χ1) is 10.1. The molecule has 0 aliphatic carbocycles. The Kier molecular flexibility index (Phi) is 4.50. The monoisotopic (exact) mass is 290 g/mol. The molecule has 0 fully saturated rings. The molecule has 0 aliphatic heterocycles. The lowest BCUT2D eigenvalue weighted by Crippen LogP contribution is -2.04. The Morgan fingerprint density at radius 2 is 1.86 bits per heavy atom. The molecule has 0 bridgehead atoms. The Bertz CT molecular complexity index is 631. The smallest absolute Gasteiger partial charge is 0.305 e. The van der Waals surface area contributed by atoms with E-state index in [4.69, 9.17) is 9.47 Å². The largest absolute Gasteiger partial charge is 0.493 e. The van der Waals surface area contributed by atoms with Gasteiger partial charge in [0, 0.05) is 6.54 Å². The van der Waals surface area contributed by atoms with Crippen LogP contribution in [0.2, 0.25) is 0 Å². The van der Waals surface area contributed by atoms with Gasteiger partial charge in [-0.1, -0.05) is 6.07 Å². The third kappa shape index (κ3) is 3.56. The number of rotatable bonds is 6. The SMILES string of the molecule is COc1ccc(CNc2ncc([N+](=O)[O-])cn2)cc1OC. The fraction of sp³-hybridized carbons (Fsp3) is 0.231. The molecular weight excluding hydrogens is 276 g/mol. The van der Waals surface area contributed by atoms with Crippen LogP contribution in [-0.2, 0) is 6.54 Å². The molecular formula is C13H14N4O4. The van der Waals surface area contributed by atoms with E-state index in [1.54, 1.807) is 20.3 Å². The van der Waals surface area contributed by atoms with E-state index in [-0.39, 0.29) is 5.69 Å². The van der Waals surface area contributed by atoms with E-state index in [2.05, 4.69) is 15.3 Å². The van der Waals surface area contributed by atoms with Gasteiger partial charge in [0.15, 0.2) is 11.5 Å². The first kappa shape index (κ1) is 14.5. The van der Waals surface area contributed by atoms with Gasteiger partial charge in [-0.05, 0) is 17.7 Å². The van der Waals surface area contributed by atoms with Crippen molar-refractivity contribution in [2.75, 3.05) is 19.5 Å². The molecule has 0 amide bonds. The summed E-state index contributed by atoms with van der Waals surface area (Å²) in [4.78, 5) is 17.7. The minimum Gasteiger partial charge on any atom is -0.493 e. The Hall–Kier alpha value is -2.90. The first-order valence-electron chi connectivity index (χ1n) is 6.05. The van der Waals surface area contributed by atoms with Crippen molar-refractivity contribution in [3.8, 4) is 11.5 Å². The molecule has 0 atom stereocenters. The maximum absolute atomic E-state index is 10.5. The van der Waals surface area contributed by atoms with Gasteiger partial charge in [0.05, 0.1) is 19.1 Å². The Labute approximate surface area is 120 Å². The molecule has 0 aliphatic rings. The zero-order valence-corrected chi connectivity index (χ0v) is 11.6. The van der Waals surface area contributed by atoms with Crippen LogP contribution in [0.4, 0.5) is 11.6 Å². The predicted octanol–water partition coefficient (Wildman–Crippen LogP) is 2.01. The van der Waals surface area contributed by atoms with Gasteiger partial charge in [0.25, 0.3) is 0 Å². The van der Waals surface area contributed by atoms with Crippen molar-refractivity contribution < 1.29 is 14.4 Å². The maximum Gasteiger partial charge on any atom is 0.305 e. The number of nitro groups is 1. The van der Waals surface area contributed by atoms with Gasteiger partial charge in [0.1, 0.15) is 12.4 Å². The van der Waals surface area contributed by atoms with Crippen LogP contribution in [0.25, 0.3) is 0 Å². The molecule has 1 N–H and O–H groups in total. The summed E-state index contributed by atoms with van der Waals surface area (Å²) in [5.74, 6) is 1.59. The van der Waals surface area contributed by atoms with Crippen molar-refractivity contribution in [3.63, 3.8) is 0 Å². The lowest BCUT2D eigenvalue weighted by Gasteiger charge is -2.10. The molecule has 0 spiro atoms. The topological polar surface area (TPSA) is 99.4 Å². The van der Waals surface area contributed by atoms with E-state index in [0.29, 0.717) is 24.0 Å². The molecule has 8 nitrogen and oxygen atoms in total. The minimum atomic E-state index is -0.544. The summed E-state index contributed by atoms with van der Waals surface area (Å²) in [7, 11) is 3.13. The second kappa shape index (κ2) is 6.51. The van der Waals surface area contributed by atoms with E-state index >= 15 is 0 Å². The van der Waals surface area contributed by atoms with Crippen LogP contribution in [0, 0.1) is 10.1 Å². The van der Waals surface area contributed by atoms with Gasteiger partial charge >= 0.3 is 5.69 Å². The molecule has 0 saturated carbocycles. The average Bonchev–Trinajstić information content (AvgIpc) is 2.52. The van der Waals surface area contributed by atoms with Gasteiger partial charge in [-0.2, -0.15) is 0 Å². The summed E-state index contributed by atoms with van der Waals surface area (Å²) >= 11 is 0. The lowest BCUT2D eigenvalue weighted by atomic mass is 10.2. The van der Waals surface area contributed by atoms with Crippen LogP contribution >= 0.6 is 0 Å². The van der Waals surface area contributed by atoms with Gasteiger partial charge in [-0.3, -0.25) is 10.1 Å².